The van der Waals surface area contributed by atoms with Crippen LogP contribution in [0.15, 0.2) is 104 Å². The highest BCUT2D eigenvalue weighted by atomic mass is 32.1. The third-order valence-electron chi connectivity index (χ3n) is 5.52. The van der Waals surface area contributed by atoms with Gasteiger partial charge in [-0.1, -0.05) is 36.1 Å². The zero-order valence-corrected chi connectivity index (χ0v) is 20.4. The first kappa shape index (κ1) is 24.0. The molecule has 0 fully saturated rings. The van der Waals surface area contributed by atoms with Crippen LogP contribution in [0.2, 0.25) is 0 Å². The van der Waals surface area contributed by atoms with Crippen LogP contribution >= 0.6 is 11.3 Å². The summed E-state index contributed by atoms with van der Waals surface area (Å²) in [6.07, 6.45) is 5.99. The molecule has 1 aliphatic rings. The van der Waals surface area contributed by atoms with Crippen molar-refractivity contribution in [1.82, 2.24) is 4.57 Å². The number of ether oxygens (including phenoxy) is 2. The minimum atomic E-state index is -0.817. The van der Waals surface area contributed by atoms with E-state index >= 15 is 0 Å². The van der Waals surface area contributed by atoms with Crippen molar-refractivity contribution in [3.05, 3.63) is 122 Å². The zero-order valence-electron chi connectivity index (χ0n) is 19.6. The fourth-order valence-corrected chi connectivity index (χ4v) is 4.91. The van der Waals surface area contributed by atoms with E-state index in [1.54, 1.807) is 55.5 Å². The molecule has 37 heavy (non-hydrogen) atoms. The van der Waals surface area contributed by atoms with Gasteiger partial charge in [0.25, 0.3) is 5.56 Å². The number of furan rings is 2. The van der Waals surface area contributed by atoms with Gasteiger partial charge in [-0.25, -0.2) is 14.6 Å². The van der Waals surface area contributed by atoms with Crippen LogP contribution in [-0.2, 0) is 9.53 Å². The molecule has 1 aromatic carbocycles. The van der Waals surface area contributed by atoms with Gasteiger partial charge in [-0.15, -0.1) is 0 Å². The Morgan fingerprint density at radius 3 is 2.54 bits per heavy atom. The summed E-state index contributed by atoms with van der Waals surface area (Å²) < 4.78 is 23.0. The number of thiazole rings is 1. The molecule has 0 aliphatic carbocycles. The predicted molar refractivity (Wildman–Crippen MR) is 134 cm³/mol. The molecule has 186 valence electrons. The first-order chi connectivity index (χ1) is 18.0. The van der Waals surface area contributed by atoms with Crippen molar-refractivity contribution in [2.45, 2.75) is 13.0 Å². The van der Waals surface area contributed by atoms with E-state index in [1.165, 1.54) is 40.6 Å². The number of fused-ring (bicyclic) bond motifs is 1. The molecular weight excluding hydrogens is 496 g/mol. The predicted octanol–water partition coefficient (Wildman–Crippen LogP) is 3.37. The molecule has 0 saturated carbocycles. The molecule has 0 bridgehead atoms. The summed E-state index contributed by atoms with van der Waals surface area (Å²) in [6.45, 7) is 5.29. The molecule has 1 atom stereocenters. The number of allylic oxidation sites excluding steroid dienone is 1. The van der Waals surface area contributed by atoms with Gasteiger partial charge in [0, 0.05) is 6.08 Å². The summed E-state index contributed by atoms with van der Waals surface area (Å²) in [6, 6.07) is 12.3. The maximum Gasteiger partial charge on any atom is 0.379 e. The van der Waals surface area contributed by atoms with Gasteiger partial charge in [0.15, 0.2) is 4.80 Å². The van der Waals surface area contributed by atoms with E-state index in [9.17, 15) is 14.4 Å². The minimum Gasteiger partial charge on any atom is -0.465 e. The Hall–Kier alpha value is -4.70. The Balaban J connectivity index is 1.58. The van der Waals surface area contributed by atoms with Crippen molar-refractivity contribution in [2.24, 2.45) is 4.99 Å². The molecule has 3 aromatic heterocycles. The number of carbonyl (C=O) groups is 2. The van der Waals surface area contributed by atoms with Crippen LogP contribution in [0.1, 0.15) is 34.8 Å². The lowest BCUT2D eigenvalue weighted by Crippen LogP contribution is -2.39. The summed E-state index contributed by atoms with van der Waals surface area (Å²) in [5.41, 5.74) is 0.917. The van der Waals surface area contributed by atoms with E-state index in [1.807, 2.05) is 0 Å². The molecule has 10 heteroatoms. The summed E-state index contributed by atoms with van der Waals surface area (Å²) in [7, 11) is 0. The fourth-order valence-electron chi connectivity index (χ4n) is 3.88. The van der Waals surface area contributed by atoms with Crippen molar-refractivity contribution in [1.29, 1.82) is 0 Å². The largest absolute Gasteiger partial charge is 0.465 e. The lowest BCUT2D eigenvalue weighted by atomic mass is 9.96. The Labute approximate surface area is 213 Å². The molecule has 9 nitrogen and oxygen atoms in total. The van der Waals surface area contributed by atoms with Crippen LogP contribution in [0.3, 0.4) is 0 Å². The van der Waals surface area contributed by atoms with Crippen LogP contribution < -0.4 is 19.6 Å². The summed E-state index contributed by atoms with van der Waals surface area (Å²) >= 11 is 1.19. The van der Waals surface area contributed by atoms with Crippen LogP contribution in [0.25, 0.3) is 6.08 Å². The SMILES string of the molecule is C=CCOC(=O)C1=C(C)N=c2s/c(=C/c3ccco3)c(=O)n2C1c1ccc(OC(=O)c2ccco2)cc1. The number of benzene rings is 1. The topological polar surface area (TPSA) is 113 Å². The summed E-state index contributed by atoms with van der Waals surface area (Å²) in [5, 5.41) is 0. The molecule has 0 N–H and O–H groups in total. The molecule has 1 unspecified atom stereocenters. The third-order valence-corrected chi connectivity index (χ3v) is 6.50. The zero-order chi connectivity index (χ0) is 25.9. The minimum absolute atomic E-state index is 0.00686. The van der Waals surface area contributed by atoms with Gasteiger partial charge in [0.05, 0.1) is 34.4 Å². The van der Waals surface area contributed by atoms with Gasteiger partial charge >= 0.3 is 11.9 Å². The molecule has 0 spiro atoms. The van der Waals surface area contributed by atoms with Gasteiger partial charge < -0.3 is 18.3 Å². The lowest BCUT2D eigenvalue weighted by molar-refractivity contribution is -0.138. The van der Waals surface area contributed by atoms with Crippen molar-refractivity contribution in [3.63, 3.8) is 0 Å². The number of hydrogen-bond acceptors (Lipinski definition) is 9. The van der Waals surface area contributed by atoms with Crippen LogP contribution in [0.4, 0.5) is 0 Å². The van der Waals surface area contributed by atoms with Crippen molar-refractivity contribution >= 4 is 29.4 Å². The van der Waals surface area contributed by atoms with Crippen molar-refractivity contribution < 1.29 is 27.9 Å². The lowest BCUT2D eigenvalue weighted by Gasteiger charge is -2.24. The van der Waals surface area contributed by atoms with Gasteiger partial charge in [-0.3, -0.25) is 9.36 Å². The number of aromatic nitrogens is 1. The number of hydrogen-bond donors (Lipinski definition) is 0. The highest BCUT2D eigenvalue weighted by molar-refractivity contribution is 7.07. The highest BCUT2D eigenvalue weighted by Crippen LogP contribution is 2.31. The van der Waals surface area contributed by atoms with Crippen LogP contribution in [0.5, 0.6) is 5.75 Å². The van der Waals surface area contributed by atoms with E-state index in [0.717, 1.165) is 0 Å². The summed E-state index contributed by atoms with van der Waals surface area (Å²) in [4.78, 5) is 43.8. The van der Waals surface area contributed by atoms with E-state index in [-0.39, 0.29) is 29.2 Å². The molecule has 4 aromatic rings. The number of carbonyl (C=O) groups excluding carboxylic acids is 2. The highest BCUT2D eigenvalue weighted by Gasteiger charge is 2.33. The van der Waals surface area contributed by atoms with Crippen LogP contribution in [-0.4, -0.2) is 23.1 Å². The number of nitrogens with zero attached hydrogens (tertiary/aromatic N) is 2. The normalized spacial score (nSPS) is 15.2. The molecular formula is C27H20N2O7S. The average molecular weight is 517 g/mol. The van der Waals surface area contributed by atoms with Crippen molar-refractivity contribution in [2.75, 3.05) is 6.61 Å². The standard InChI is InChI=1S/C27H20N2O7S/c1-3-12-35-26(32)22-16(2)28-27-29(24(30)21(37-27)15-19-6-4-13-33-19)23(22)17-8-10-18(11-9-17)36-25(31)20-7-5-14-34-20/h3-11,13-15,23H,1,12H2,2H3/b21-15+. The molecule has 0 amide bonds. The molecule has 0 radical (unpaired) electrons. The molecule has 1 aliphatic heterocycles. The van der Waals surface area contributed by atoms with E-state index in [0.29, 0.717) is 26.4 Å². The second-order valence-electron chi connectivity index (χ2n) is 7.92. The van der Waals surface area contributed by atoms with E-state index in [4.69, 9.17) is 18.3 Å². The Kier molecular flexibility index (Phi) is 6.57. The Morgan fingerprint density at radius 1 is 1.11 bits per heavy atom. The average Bonchev–Trinajstić information content (AvgIpc) is 3.66. The van der Waals surface area contributed by atoms with E-state index < -0.39 is 18.0 Å². The maximum atomic E-state index is 13.5. The van der Waals surface area contributed by atoms with Crippen molar-refractivity contribution in [3.8, 4) is 5.75 Å². The van der Waals surface area contributed by atoms with Gasteiger partial charge in [0.2, 0.25) is 5.76 Å². The summed E-state index contributed by atoms with van der Waals surface area (Å²) in [5.74, 6) is -0.399. The monoisotopic (exact) mass is 516 g/mol. The quantitative estimate of drug-likeness (QED) is 0.210. The smallest absolute Gasteiger partial charge is 0.379 e. The first-order valence-electron chi connectivity index (χ1n) is 11.2. The number of rotatable bonds is 7. The van der Waals surface area contributed by atoms with Gasteiger partial charge in [-0.05, 0) is 48.9 Å². The number of esters is 2. The Morgan fingerprint density at radius 2 is 1.86 bits per heavy atom. The molecule has 0 saturated heterocycles. The second-order valence-corrected chi connectivity index (χ2v) is 8.93. The second kappa shape index (κ2) is 10.1. The fraction of sp³-hybridized carbons (Fsp3) is 0.111. The third kappa shape index (κ3) is 4.74. The first-order valence-corrected chi connectivity index (χ1v) is 12.0. The molecule has 5 rings (SSSR count). The van der Waals surface area contributed by atoms with Gasteiger partial charge in [-0.2, -0.15) is 0 Å². The van der Waals surface area contributed by atoms with Crippen LogP contribution in [0, 0.1) is 0 Å². The molecule has 4 heterocycles. The van der Waals surface area contributed by atoms with E-state index in [2.05, 4.69) is 11.6 Å². The Bertz CT molecular complexity index is 1670. The van der Waals surface area contributed by atoms with Gasteiger partial charge in [0.1, 0.15) is 18.1 Å². The maximum absolute atomic E-state index is 13.5.